The van der Waals surface area contributed by atoms with Crippen LogP contribution in [0.4, 0.5) is 0 Å². The van der Waals surface area contributed by atoms with E-state index in [1.807, 2.05) is 36.4 Å². The van der Waals surface area contributed by atoms with Crippen LogP contribution >= 0.6 is 0 Å². The highest BCUT2D eigenvalue weighted by atomic mass is 16.6. The first-order valence-electron chi connectivity index (χ1n) is 5.46. The molecule has 0 aliphatic carbocycles. The van der Waals surface area contributed by atoms with E-state index in [0.717, 1.165) is 22.3 Å². The molecule has 0 saturated heterocycles. The van der Waals surface area contributed by atoms with Crippen LogP contribution in [0.15, 0.2) is 54.7 Å². The van der Waals surface area contributed by atoms with Crippen LogP contribution in [0.5, 0.6) is 0 Å². The van der Waals surface area contributed by atoms with E-state index in [4.69, 9.17) is 4.84 Å². The van der Waals surface area contributed by atoms with Gasteiger partial charge in [0.1, 0.15) is 12.8 Å². The normalized spacial score (nSPS) is 10.6. The standard InChI is InChI=1S/C14H12N2O/c1-17-16-13-8-3-2-6-11(13)10-14(16)12-7-4-5-9-15-12/h2-10H,1H3. The van der Waals surface area contributed by atoms with Crippen molar-refractivity contribution in [3.8, 4) is 11.4 Å². The second-order valence-corrected chi connectivity index (χ2v) is 3.78. The number of nitrogens with zero attached hydrogens (tertiary/aromatic N) is 2. The van der Waals surface area contributed by atoms with Gasteiger partial charge in [0.2, 0.25) is 0 Å². The van der Waals surface area contributed by atoms with E-state index in [1.54, 1.807) is 18.0 Å². The van der Waals surface area contributed by atoms with Crippen molar-refractivity contribution in [3.63, 3.8) is 0 Å². The molecule has 0 bridgehead atoms. The highest BCUT2D eigenvalue weighted by molar-refractivity contribution is 5.85. The van der Waals surface area contributed by atoms with Gasteiger partial charge in [-0.3, -0.25) is 4.98 Å². The van der Waals surface area contributed by atoms with Crippen molar-refractivity contribution < 1.29 is 4.84 Å². The van der Waals surface area contributed by atoms with E-state index < -0.39 is 0 Å². The van der Waals surface area contributed by atoms with Crippen molar-refractivity contribution in [1.29, 1.82) is 0 Å². The third-order valence-corrected chi connectivity index (χ3v) is 2.78. The fourth-order valence-corrected chi connectivity index (χ4v) is 2.02. The van der Waals surface area contributed by atoms with Gasteiger partial charge >= 0.3 is 0 Å². The minimum Gasteiger partial charge on any atom is -0.416 e. The average molecular weight is 224 g/mol. The van der Waals surface area contributed by atoms with Crippen LogP contribution in [-0.4, -0.2) is 16.8 Å². The Hall–Kier alpha value is -2.29. The molecule has 3 rings (SSSR count). The lowest BCUT2D eigenvalue weighted by atomic mass is 10.2. The Balaban J connectivity index is 2.30. The quantitative estimate of drug-likeness (QED) is 0.669. The lowest BCUT2D eigenvalue weighted by Gasteiger charge is -2.07. The number of rotatable bonds is 2. The molecule has 0 aliphatic heterocycles. The summed E-state index contributed by atoms with van der Waals surface area (Å²) in [4.78, 5) is 9.78. The minimum absolute atomic E-state index is 0.908. The van der Waals surface area contributed by atoms with Crippen molar-refractivity contribution in [2.24, 2.45) is 0 Å². The average Bonchev–Trinajstić information content (AvgIpc) is 2.78. The zero-order valence-corrected chi connectivity index (χ0v) is 9.50. The first kappa shape index (κ1) is 9.90. The first-order chi connectivity index (χ1) is 8.40. The molecule has 0 saturated carbocycles. The SMILES string of the molecule is COn1c(-c2ccccn2)cc2ccccc21. The molecule has 0 unspecified atom stereocenters. The molecular formula is C14H12N2O. The molecule has 1 aromatic carbocycles. The fraction of sp³-hybridized carbons (Fsp3) is 0.0714. The summed E-state index contributed by atoms with van der Waals surface area (Å²) in [5.41, 5.74) is 2.93. The monoisotopic (exact) mass is 224 g/mol. The van der Waals surface area contributed by atoms with Crippen molar-refractivity contribution in [3.05, 3.63) is 54.7 Å². The summed E-state index contributed by atoms with van der Waals surface area (Å²) >= 11 is 0. The van der Waals surface area contributed by atoms with Gasteiger partial charge in [0.05, 0.1) is 11.2 Å². The molecule has 84 valence electrons. The van der Waals surface area contributed by atoms with Crippen LogP contribution in [0.2, 0.25) is 0 Å². The van der Waals surface area contributed by atoms with Gasteiger partial charge in [-0.05, 0) is 24.3 Å². The van der Waals surface area contributed by atoms with Gasteiger partial charge in [-0.1, -0.05) is 24.3 Å². The lowest BCUT2D eigenvalue weighted by Crippen LogP contribution is -2.07. The Morgan fingerprint density at radius 3 is 2.65 bits per heavy atom. The van der Waals surface area contributed by atoms with Crippen LogP contribution in [0.3, 0.4) is 0 Å². The van der Waals surface area contributed by atoms with Crippen molar-refractivity contribution in [2.75, 3.05) is 7.11 Å². The predicted octanol–water partition coefficient (Wildman–Crippen LogP) is 2.76. The molecule has 3 heteroatoms. The maximum Gasteiger partial charge on any atom is 0.106 e. The van der Waals surface area contributed by atoms with Crippen molar-refractivity contribution in [2.45, 2.75) is 0 Å². The van der Waals surface area contributed by atoms with E-state index in [2.05, 4.69) is 17.1 Å². The van der Waals surface area contributed by atoms with Crippen molar-refractivity contribution in [1.82, 2.24) is 9.71 Å². The molecule has 0 fully saturated rings. The Bertz CT molecular complexity index is 644. The van der Waals surface area contributed by atoms with Gasteiger partial charge < -0.3 is 4.84 Å². The van der Waals surface area contributed by atoms with E-state index in [9.17, 15) is 0 Å². The third-order valence-electron chi connectivity index (χ3n) is 2.78. The fourth-order valence-electron chi connectivity index (χ4n) is 2.02. The number of aromatic nitrogens is 2. The summed E-state index contributed by atoms with van der Waals surface area (Å²) in [5, 5.41) is 1.15. The van der Waals surface area contributed by atoms with Crippen LogP contribution in [0.1, 0.15) is 0 Å². The van der Waals surface area contributed by atoms with E-state index >= 15 is 0 Å². The molecule has 0 aliphatic rings. The molecule has 0 radical (unpaired) electrons. The molecule has 0 spiro atoms. The van der Waals surface area contributed by atoms with Gasteiger partial charge in [0.25, 0.3) is 0 Å². The van der Waals surface area contributed by atoms with E-state index in [1.165, 1.54) is 0 Å². The molecule has 0 amide bonds. The highest BCUT2D eigenvalue weighted by Gasteiger charge is 2.10. The summed E-state index contributed by atoms with van der Waals surface area (Å²) in [5.74, 6) is 0. The highest BCUT2D eigenvalue weighted by Crippen LogP contribution is 2.25. The second kappa shape index (κ2) is 3.94. The summed E-state index contributed by atoms with van der Waals surface area (Å²) in [6.45, 7) is 0. The Morgan fingerprint density at radius 1 is 1.06 bits per heavy atom. The molecule has 17 heavy (non-hydrogen) atoms. The Kier molecular flexibility index (Phi) is 2.29. The van der Waals surface area contributed by atoms with E-state index in [0.29, 0.717) is 0 Å². The molecule has 2 heterocycles. The maximum atomic E-state index is 5.43. The zero-order valence-electron chi connectivity index (χ0n) is 9.50. The summed E-state index contributed by atoms with van der Waals surface area (Å²) in [6, 6.07) is 16.1. The van der Waals surface area contributed by atoms with Crippen LogP contribution in [0.25, 0.3) is 22.3 Å². The van der Waals surface area contributed by atoms with Crippen LogP contribution < -0.4 is 4.84 Å². The molecule has 3 nitrogen and oxygen atoms in total. The van der Waals surface area contributed by atoms with Gasteiger partial charge in [0, 0.05) is 11.6 Å². The summed E-state index contributed by atoms with van der Waals surface area (Å²) < 4.78 is 1.80. The van der Waals surface area contributed by atoms with Gasteiger partial charge in [0.15, 0.2) is 0 Å². The Morgan fingerprint density at radius 2 is 1.88 bits per heavy atom. The second-order valence-electron chi connectivity index (χ2n) is 3.78. The summed E-state index contributed by atoms with van der Waals surface area (Å²) in [6.07, 6.45) is 1.78. The minimum atomic E-state index is 0.908. The number of hydrogen-bond acceptors (Lipinski definition) is 2. The number of fused-ring (bicyclic) bond motifs is 1. The number of para-hydroxylation sites is 1. The van der Waals surface area contributed by atoms with Crippen LogP contribution in [-0.2, 0) is 0 Å². The van der Waals surface area contributed by atoms with Gasteiger partial charge in [-0.2, -0.15) is 4.73 Å². The van der Waals surface area contributed by atoms with Crippen LogP contribution in [0, 0.1) is 0 Å². The number of hydrogen-bond donors (Lipinski definition) is 0. The Labute approximate surface area is 99.2 Å². The molecule has 0 N–H and O–H groups in total. The van der Waals surface area contributed by atoms with Crippen molar-refractivity contribution >= 4 is 10.9 Å². The molecule has 3 aromatic rings. The molecular weight excluding hydrogens is 212 g/mol. The zero-order chi connectivity index (χ0) is 11.7. The van der Waals surface area contributed by atoms with Gasteiger partial charge in [-0.25, -0.2) is 0 Å². The van der Waals surface area contributed by atoms with E-state index in [-0.39, 0.29) is 0 Å². The van der Waals surface area contributed by atoms with Gasteiger partial charge in [-0.15, -0.1) is 0 Å². The predicted molar refractivity (Wildman–Crippen MR) is 67.7 cm³/mol. The smallest absolute Gasteiger partial charge is 0.106 e. The topological polar surface area (TPSA) is 27.1 Å². The summed E-state index contributed by atoms with van der Waals surface area (Å²) in [7, 11) is 1.67. The number of benzene rings is 1. The third kappa shape index (κ3) is 1.56. The number of pyridine rings is 1. The maximum absolute atomic E-state index is 5.43. The first-order valence-corrected chi connectivity index (χ1v) is 5.46. The molecule has 0 atom stereocenters. The largest absolute Gasteiger partial charge is 0.416 e. The lowest BCUT2D eigenvalue weighted by molar-refractivity contribution is 0.183. The molecule has 2 aromatic heterocycles.